The fourth-order valence-corrected chi connectivity index (χ4v) is 5.13. The van der Waals surface area contributed by atoms with Crippen molar-refractivity contribution in [1.29, 1.82) is 0 Å². The lowest BCUT2D eigenvalue weighted by Crippen LogP contribution is -2.22. The zero-order chi connectivity index (χ0) is 19.9. The van der Waals surface area contributed by atoms with Crippen LogP contribution in [0.15, 0.2) is 17.6 Å². The Hall–Kier alpha value is -1.37. The molecule has 1 aliphatic carbocycles. The highest BCUT2D eigenvalue weighted by Gasteiger charge is 2.16. The van der Waals surface area contributed by atoms with Crippen LogP contribution < -0.4 is 10.6 Å². The highest BCUT2D eigenvalue weighted by Crippen LogP contribution is 2.32. The highest BCUT2D eigenvalue weighted by atomic mass is 35.5. The Kier molecular flexibility index (Phi) is 7.63. The van der Waals surface area contributed by atoms with Gasteiger partial charge >= 0.3 is 0 Å². The number of nitrogens with one attached hydrogen (secondary N) is 2. The quantitative estimate of drug-likeness (QED) is 0.517. The summed E-state index contributed by atoms with van der Waals surface area (Å²) in [7, 11) is 0. The van der Waals surface area contributed by atoms with Gasteiger partial charge in [0.1, 0.15) is 5.82 Å². The van der Waals surface area contributed by atoms with E-state index in [0.29, 0.717) is 10.9 Å². The van der Waals surface area contributed by atoms with E-state index in [1.165, 1.54) is 38.5 Å². The second-order valence-electron chi connectivity index (χ2n) is 8.26. The second kappa shape index (κ2) is 10.6. The van der Waals surface area contributed by atoms with E-state index in [9.17, 15) is 0 Å². The zero-order valence-electron chi connectivity index (χ0n) is 17.0. The minimum atomic E-state index is 0.645. The van der Waals surface area contributed by atoms with Crippen molar-refractivity contribution in [1.82, 2.24) is 9.97 Å². The topological polar surface area (TPSA) is 59.1 Å². The van der Waals surface area contributed by atoms with Crippen LogP contribution in [-0.4, -0.2) is 36.3 Å². The normalized spacial score (nSPS) is 19.1. The van der Waals surface area contributed by atoms with Crippen LogP contribution in [-0.2, 0) is 4.74 Å². The van der Waals surface area contributed by atoms with E-state index in [-0.39, 0.29) is 0 Å². The van der Waals surface area contributed by atoms with Gasteiger partial charge in [0.05, 0.1) is 10.7 Å². The van der Waals surface area contributed by atoms with Crippen molar-refractivity contribution >= 4 is 33.9 Å². The van der Waals surface area contributed by atoms with Crippen molar-refractivity contribution in [3.63, 3.8) is 0 Å². The van der Waals surface area contributed by atoms with Crippen LogP contribution in [0.4, 0.5) is 10.9 Å². The van der Waals surface area contributed by atoms with Crippen LogP contribution in [0, 0.1) is 11.8 Å². The molecule has 0 spiro atoms. The first-order chi connectivity index (χ1) is 14.3. The van der Waals surface area contributed by atoms with E-state index < -0.39 is 0 Å². The third kappa shape index (κ3) is 6.06. The third-order valence-electron chi connectivity index (χ3n) is 6.06. The van der Waals surface area contributed by atoms with E-state index in [1.54, 1.807) is 17.5 Å². The first-order valence-corrected chi connectivity index (χ1v) is 12.2. The molecule has 4 rings (SSSR count). The van der Waals surface area contributed by atoms with Gasteiger partial charge in [0, 0.05) is 43.4 Å². The molecule has 2 aromatic rings. The summed E-state index contributed by atoms with van der Waals surface area (Å²) in [6.07, 6.45) is 12.1. The van der Waals surface area contributed by atoms with E-state index >= 15 is 0 Å². The first-order valence-electron chi connectivity index (χ1n) is 10.9. The fourth-order valence-electron chi connectivity index (χ4n) is 4.21. The Labute approximate surface area is 182 Å². The van der Waals surface area contributed by atoms with E-state index in [2.05, 4.69) is 21.0 Å². The van der Waals surface area contributed by atoms with Crippen molar-refractivity contribution in [2.45, 2.75) is 51.4 Å². The Bertz CT molecular complexity index is 770. The minimum Gasteiger partial charge on any atom is -0.381 e. The first kappa shape index (κ1) is 20.9. The molecule has 2 aliphatic rings. The van der Waals surface area contributed by atoms with Crippen molar-refractivity contribution in [3.05, 3.63) is 22.7 Å². The fraction of sp³-hybridized carbons (Fsp3) is 0.636. The predicted octanol–water partition coefficient (Wildman–Crippen LogP) is 6.08. The average Bonchev–Trinajstić information content (AvgIpc) is 3.07. The molecule has 0 amide bonds. The molecule has 1 aliphatic heterocycles. The predicted molar refractivity (Wildman–Crippen MR) is 122 cm³/mol. The monoisotopic (exact) mass is 434 g/mol. The standard InChI is InChI=1S/C22H31ClN4OS/c23-19-14-25-21(24-12-16-5-3-1-2-4-6-16)11-18(19)20-15-29-22(27-20)26-13-17-7-9-28-10-8-17/h11,14-17H,1-10,12-13H2,(H,24,25)(H,26,27). The molecular weight excluding hydrogens is 404 g/mol. The maximum atomic E-state index is 6.45. The van der Waals surface area contributed by atoms with Gasteiger partial charge in [-0.05, 0) is 43.6 Å². The summed E-state index contributed by atoms with van der Waals surface area (Å²) in [5.41, 5.74) is 1.86. The van der Waals surface area contributed by atoms with Crippen LogP contribution >= 0.6 is 22.9 Å². The number of halogens is 1. The molecule has 1 saturated carbocycles. The summed E-state index contributed by atoms with van der Waals surface area (Å²) < 4.78 is 5.44. The van der Waals surface area contributed by atoms with Gasteiger partial charge in [-0.1, -0.05) is 37.3 Å². The SMILES string of the molecule is Clc1cnc(NCC2CCCCCC2)cc1-c1csc(NCC2CCOCC2)n1. The summed E-state index contributed by atoms with van der Waals surface area (Å²) in [6.45, 7) is 3.69. The zero-order valence-corrected chi connectivity index (χ0v) is 18.5. The summed E-state index contributed by atoms with van der Waals surface area (Å²) in [4.78, 5) is 9.25. The number of aromatic nitrogens is 2. The molecule has 2 N–H and O–H groups in total. The highest BCUT2D eigenvalue weighted by molar-refractivity contribution is 7.14. The summed E-state index contributed by atoms with van der Waals surface area (Å²) >= 11 is 8.08. The molecule has 2 aromatic heterocycles. The average molecular weight is 435 g/mol. The van der Waals surface area contributed by atoms with Gasteiger partial charge in [-0.15, -0.1) is 11.3 Å². The number of pyridine rings is 1. The Balaban J connectivity index is 1.36. The molecule has 3 heterocycles. The largest absolute Gasteiger partial charge is 0.381 e. The lowest BCUT2D eigenvalue weighted by Gasteiger charge is -2.21. The van der Waals surface area contributed by atoms with Gasteiger partial charge in [0.2, 0.25) is 0 Å². The molecule has 158 valence electrons. The summed E-state index contributed by atoms with van der Waals surface area (Å²) in [6, 6.07) is 2.04. The van der Waals surface area contributed by atoms with Gasteiger partial charge in [-0.2, -0.15) is 0 Å². The Morgan fingerprint density at radius 3 is 2.52 bits per heavy atom. The molecule has 7 heteroatoms. The smallest absolute Gasteiger partial charge is 0.183 e. The number of rotatable bonds is 7. The van der Waals surface area contributed by atoms with Crippen LogP contribution in [0.25, 0.3) is 11.3 Å². The van der Waals surface area contributed by atoms with Crippen molar-refractivity contribution < 1.29 is 4.74 Å². The number of nitrogens with zero attached hydrogens (tertiary/aromatic N) is 2. The van der Waals surface area contributed by atoms with Gasteiger partial charge in [0.25, 0.3) is 0 Å². The van der Waals surface area contributed by atoms with Gasteiger partial charge in [0.15, 0.2) is 5.13 Å². The molecule has 29 heavy (non-hydrogen) atoms. The lowest BCUT2D eigenvalue weighted by atomic mass is 10.0. The molecule has 0 radical (unpaired) electrons. The van der Waals surface area contributed by atoms with Crippen molar-refractivity contribution in [2.24, 2.45) is 11.8 Å². The summed E-state index contributed by atoms with van der Waals surface area (Å²) in [5.74, 6) is 2.30. The molecule has 0 bridgehead atoms. The number of anilines is 2. The molecule has 0 atom stereocenters. The van der Waals surface area contributed by atoms with Crippen molar-refractivity contribution in [3.8, 4) is 11.3 Å². The number of hydrogen-bond acceptors (Lipinski definition) is 6. The number of hydrogen-bond donors (Lipinski definition) is 2. The lowest BCUT2D eigenvalue weighted by molar-refractivity contribution is 0.0699. The van der Waals surface area contributed by atoms with Crippen LogP contribution in [0.1, 0.15) is 51.4 Å². The van der Waals surface area contributed by atoms with Crippen molar-refractivity contribution in [2.75, 3.05) is 36.9 Å². The molecule has 0 unspecified atom stereocenters. The summed E-state index contributed by atoms with van der Waals surface area (Å²) in [5, 5.41) is 10.7. The minimum absolute atomic E-state index is 0.645. The van der Waals surface area contributed by atoms with Gasteiger partial charge < -0.3 is 15.4 Å². The second-order valence-corrected chi connectivity index (χ2v) is 9.53. The molecule has 2 fully saturated rings. The van der Waals surface area contributed by atoms with Crippen LogP contribution in [0.2, 0.25) is 5.02 Å². The van der Waals surface area contributed by atoms with E-state index in [4.69, 9.17) is 21.3 Å². The van der Waals surface area contributed by atoms with E-state index in [0.717, 1.165) is 67.3 Å². The molecular formula is C22H31ClN4OS. The number of thiazole rings is 1. The Morgan fingerprint density at radius 1 is 1.00 bits per heavy atom. The molecule has 5 nitrogen and oxygen atoms in total. The maximum Gasteiger partial charge on any atom is 0.183 e. The molecule has 0 aromatic carbocycles. The van der Waals surface area contributed by atoms with Crippen LogP contribution in [0.5, 0.6) is 0 Å². The van der Waals surface area contributed by atoms with Crippen LogP contribution in [0.3, 0.4) is 0 Å². The van der Waals surface area contributed by atoms with E-state index in [1.807, 2.05) is 6.07 Å². The Morgan fingerprint density at radius 2 is 1.72 bits per heavy atom. The maximum absolute atomic E-state index is 6.45. The van der Waals surface area contributed by atoms with Gasteiger partial charge in [-0.3, -0.25) is 0 Å². The van der Waals surface area contributed by atoms with Gasteiger partial charge in [-0.25, -0.2) is 9.97 Å². The molecule has 1 saturated heterocycles. The third-order valence-corrected chi connectivity index (χ3v) is 7.17. The number of ether oxygens (including phenoxy) is 1.